The van der Waals surface area contributed by atoms with E-state index in [0.29, 0.717) is 45.7 Å². The van der Waals surface area contributed by atoms with E-state index in [0.717, 1.165) is 0 Å². The van der Waals surface area contributed by atoms with Crippen LogP contribution in [0.25, 0.3) is 11.1 Å². The monoisotopic (exact) mass is 472 g/mol. The van der Waals surface area contributed by atoms with Gasteiger partial charge in [-0.05, 0) is 37.6 Å². The van der Waals surface area contributed by atoms with Gasteiger partial charge in [-0.25, -0.2) is 13.2 Å². The summed E-state index contributed by atoms with van der Waals surface area (Å²) >= 11 is 6.20. The molecule has 2 rings (SSSR count). The molecular formula is C20H25ClN2O7S. The maximum absolute atomic E-state index is 12.6. The number of nitrogens with one attached hydrogen (secondary N) is 1. The summed E-state index contributed by atoms with van der Waals surface area (Å²) in [4.78, 5) is 10.6. The molecule has 11 heteroatoms. The molecule has 3 N–H and O–H groups in total. The highest BCUT2D eigenvalue weighted by Gasteiger charge is 2.19. The zero-order valence-corrected chi connectivity index (χ0v) is 19.0. The lowest BCUT2D eigenvalue weighted by molar-refractivity contribution is 0.157. The minimum Gasteiger partial charge on any atom is -0.496 e. The molecule has 0 atom stereocenters. The zero-order valence-electron chi connectivity index (χ0n) is 17.4. The lowest BCUT2D eigenvalue weighted by Crippen LogP contribution is -2.20. The van der Waals surface area contributed by atoms with Crippen molar-refractivity contribution in [2.75, 3.05) is 37.9 Å². The van der Waals surface area contributed by atoms with E-state index in [1.807, 2.05) is 6.92 Å². The Balaban J connectivity index is 2.45. The van der Waals surface area contributed by atoms with Crippen LogP contribution in [-0.2, 0) is 14.8 Å². The number of amides is 1. The number of hydrogen-bond acceptors (Lipinski definition) is 7. The van der Waals surface area contributed by atoms with Crippen molar-refractivity contribution >= 4 is 33.4 Å². The van der Waals surface area contributed by atoms with Gasteiger partial charge in [0, 0.05) is 17.2 Å². The van der Waals surface area contributed by atoms with E-state index in [9.17, 15) is 13.2 Å². The highest BCUT2D eigenvalue weighted by molar-refractivity contribution is 7.92. The molecule has 170 valence electrons. The Kier molecular flexibility index (Phi) is 8.64. The first kappa shape index (κ1) is 24.4. The zero-order chi connectivity index (χ0) is 23.0. The number of rotatable bonds is 11. The fourth-order valence-electron chi connectivity index (χ4n) is 2.80. The van der Waals surface area contributed by atoms with Gasteiger partial charge in [-0.3, -0.25) is 4.72 Å². The van der Waals surface area contributed by atoms with Gasteiger partial charge in [0.15, 0.2) is 0 Å². The highest BCUT2D eigenvalue weighted by Crippen LogP contribution is 2.42. The standard InChI is InChI=1S/C20H25ClN2O7S/c1-4-29-13-6-7-17(23-31(25,26)9-5-8-30-20(22)24)14(10-13)15-11-19(28-3)16(21)12-18(15)27-2/h6-7,10-12,23H,4-5,8-9H2,1-3H3,(H2,22,24). The second kappa shape index (κ2) is 11.0. The fourth-order valence-corrected chi connectivity index (χ4v) is 4.15. The minimum atomic E-state index is -3.75. The van der Waals surface area contributed by atoms with Crippen molar-refractivity contribution in [3.05, 3.63) is 35.4 Å². The fraction of sp³-hybridized carbons (Fsp3) is 0.350. The van der Waals surface area contributed by atoms with E-state index < -0.39 is 16.1 Å². The third kappa shape index (κ3) is 6.83. The van der Waals surface area contributed by atoms with Crippen molar-refractivity contribution in [2.24, 2.45) is 5.73 Å². The van der Waals surface area contributed by atoms with Crippen molar-refractivity contribution in [1.29, 1.82) is 0 Å². The summed E-state index contributed by atoms with van der Waals surface area (Å²) in [5.41, 5.74) is 6.25. The van der Waals surface area contributed by atoms with Crippen LogP contribution in [0.3, 0.4) is 0 Å². The van der Waals surface area contributed by atoms with Crippen LogP contribution >= 0.6 is 11.6 Å². The number of hydrogen-bond donors (Lipinski definition) is 2. The van der Waals surface area contributed by atoms with Crippen LogP contribution in [-0.4, -0.2) is 47.7 Å². The predicted molar refractivity (Wildman–Crippen MR) is 119 cm³/mol. The largest absolute Gasteiger partial charge is 0.496 e. The third-order valence-electron chi connectivity index (χ3n) is 4.13. The Labute approximate surface area is 186 Å². The summed E-state index contributed by atoms with van der Waals surface area (Å²) in [6.45, 7) is 2.18. The van der Waals surface area contributed by atoms with Crippen molar-refractivity contribution in [1.82, 2.24) is 0 Å². The van der Waals surface area contributed by atoms with E-state index in [1.165, 1.54) is 14.2 Å². The summed E-state index contributed by atoms with van der Waals surface area (Å²) in [6.07, 6.45) is -0.870. The molecule has 0 bridgehead atoms. The number of carbonyl (C=O) groups is 1. The first-order valence-electron chi connectivity index (χ1n) is 9.32. The Bertz CT molecular complexity index is 1030. The van der Waals surface area contributed by atoms with E-state index in [2.05, 4.69) is 9.46 Å². The van der Waals surface area contributed by atoms with Crippen LogP contribution in [0.4, 0.5) is 10.5 Å². The van der Waals surface area contributed by atoms with Crippen molar-refractivity contribution in [2.45, 2.75) is 13.3 Å². The van der Waals surface area contributed by atoms with Gasteiger partial charge < -0.3 is 24.7 Å². The molecule has 0 aromatic heterocycles. The molecule has 9 nitrogen and oxygen atoms in total. The first-order chi connectivity index (χ1) is 14.7. The Morgan fingerprint density at radius 3 is 2.42 bits per heavy atom. The molecule has 1 amide bonds. The normalized spacial score (nSPS) is 11.0. The molecule has 0 unspecified atom stereocenters. The molecule has 2 aromatic carbocycles. The van der Waals surface area contributed by atoms with E-state index in [1.54, 1.807) is 30.3 Å². The molecule has 0 heterocycles. The summed E-state index contributed by atoms with van der Waals surface area (Å²) in [5, 5.41) is 0.348. The molecule has 31 heavy (non-hydrogen) atoms. The number of primary amides is 1. The average Bonchev–Trinajstić information content (AvgIpc) is 2.72. The highest BCUT2D eigenvalue weighted by atomic mass is 35.5. The molecule has 0 radical (unpaired) electrons. The van der Waals surface area contributed by atoms with Crippen molar-refractivity contribution < 1.29 is 32.2 Å². The third-order valence-corrected chi connectivity index (χ3v) is 5.79. The number of carbonyl (C=O) groups excluding carboxylic acids is 1. The number of ether oxygens (including phenoxy) is 4. The quantitative estimate of drug-likeness (QED) is 0.478. The molecule has 2 aromatic rings. The van der Waals surface area contributed by atoms with Gasteiger partial charge in [0.1, 0.15) is 17.2 Å². The summed E-state index contributed by atoms with van der Waals surface area (Å²) in [7, 11) is -0.792. The van der Waals surface area contributed by atoms with Crippen LogP contribution in [0, 0.1) is 0 Å². The minimum absolute atomic E-state index is 0.0860. The summed E-state index contributed by atoms with van der Waals surface area (Å²) in [5.74, 6) is 1.10. The van der Waals surface area contributed by atoms with Gasteiger partial charge in [-0.1, -0.05) is 11.6 Å². The lowest BCUT2D eigenvalue weighted by Gasteiger charge is -2.18. The summed E-state index contributed by atoms with van der Waals surface area (Å²) < 4.78 is 48.6. The SMILES string of the molecule is CCOc1ccc(NS(=O)(=O)CCCOC(N)=O)c(-c2cc(OC)c(Cl)cc2OC)c1. The van der Waals surface area contributed by atoms with E-state index in [-0.39, 0.29) is 18.8 Å². The number of methoxy groups -OCH3 is 2. The molecule has 0 aliphatic rings. The Hall–Kier alpha value is -2.85. The number of anilines is 1. The van der Waals surface area contributed by atoms with Gasteiger partial charge in [0.25, 0.3) is 0 Å². The first-order valence-corrected chi connectivity index (χ1v) is 11.3. The number of benzene rings is 2. The van der Waals surface area contributed by atoms with Gasteiger partial charge in [0.2, 0.25) is 10.0 Å². The van der Waals surface area contributed by atoms with Crippen LogP contribution in [0.2, 0.25) is 5.02 Å². The van der Waals surface area contributed by atoms with Gasteiger partial charge >= 0.3 is 6.09 Å². The second-order valence-corrected chi connectivity index (χ2v) is 8.52. The number of halogens is 1. The van der Waals surface area contributed by atoms with E-state index >= 15 is 0 Å². The van der Waals surface area contributed by atoms with Gasteiger partial charge in [-0.2, -0.15) is 0 Å². The van der Waals surface area contributed by atoms with Gasteiger partial charge in [0.05, 0.1) is 43.9 Å². The number of nitrogens with two attached hydrogens (primary N) is 1. The van der Waals surface area contributed by atoms with Gasteiger partial charge in [-0.15, -0.1) is 0 Å². The summed E-state index contributed by atoms with van der Waals surface area (Å²) in [6, 6.07) is 8.19. The van der Waals surface area contributed by atoms with Crippen LogP contribution < -0.4 is 24.7 Å². The molecular weight excluding hydrogens is 448 g/mol. The van der Waals surface area contributed by atoms with Crippen LogP contribution in [0.5, 0.6) is 17.2 Å². The molecule has 0 fully saturated rings. The van der Waals surface area contributed by atoms with Crippen LogP contribution in [0.1, 0.15) is 13.3 Å². The van der Waals surface area contributed by atoms with Crippen molar-refractivity contribution in [3.63, 3.8) is 0 Å². The lowest BCUT2D eigenvalue weighted by atomic mass is 10.0. The molecule has 0 saturated heterocycles. The molecule has 0 spiro atoms. The van der Waals surface area contributed by atoms with Crippen molar-refractivity contribution in [3.8, 4) is 28.4 Å². The average molecular weight is 473 g/mol. The Morgan fingerprint density at radius 2 is 1.81 bits per heavy atom. The molecule has 0 aliphatic heterocycles. The molecule has 0 saturated carbocycles. The van der Waals surface area contributed by atoms with Crippen LogP contribution in [0.15, 0.2) is 30.3 Å². The Morgan fingerprint density at radius 1 is 1.10 bits per heavy atom. The molecule has 0 aliphatic carbocycles. The second-order valence-electron chi connectivity index (χ2n) is 6.27. The smallest absolute Gasteiger partial charge is 0.404 e. The maximum atomic E-state index is 12.6. The van der Waals surface area contributed by atoms with E-state index in [4.69, 9.17) is 31.5 Å². The maximum Gasteiger partial charge on any atom is 0.404 e. The number of sulfonamides is 1. The topological polar surface area (TPSA) is 126 Å². The predicted octanol–water partition coefficient (Wildman–Crippen LogP) is 3.65.